The largest absolute Gasteiger partial charge is 0.358 e. The first-order valence-corrected chi connectivity index (χ1v) is 5.47. The zero-order chi connectivity index (χ0) is 13.1. The lowest BCUT2D eigenvalue weighted by Gasteiger charge is -2.17. The molecule has 0 aliphatic carbocycles. The van der Waals surface area contributed by atoms with Gasteiger partial charge in [-0.15, -0.1) is 0 Å². The smallest absolute Gasteiger partial charge is 0.321 e. The molecule has 1 aromatic heterocycles. The number of nitrogens with one attached hydrogen (secondary N) is 2. The number of carbonyl (C=O) groups is 2. The minimum absolute atomic E-state index is 0.0947. The van der Waals surface area contributed by atoms with E-state index in [0.29, 0.717) is 19.6 Å². The molecule has 8 heteroatoms. The SMILES string of the molecule is O=C1CCN(C(=O)c2ccc([N+](=O)[O-])[nH]2)CCN1. The standard InChI is InChI=1S/C10H12N4O4/c15-9-3-5-13(6-4-11-9)10(16)7-1-2-8(12-7)14(17)18/h1-2,12H,3-6H2,(H,11,15). The van der Waals surface area contributed by atoms with Gasteiger partial charge in [-0.1, -0.05) is 0 Å². The zero-order valence-electron chi connectivity index (χ0n) is 9.51. The van der Waals surface area contributed by atoms with Crippen molar-refractivity contribution in [2.75, 3.05) is 19.6 Å². The van der Waals surface area contributed by atoms with Gasteiger partial charge >= 0.3 is 5.82 Å². The highest BCUT2D eigenvalue weighted by atomic mass is 16.6. The van der Waals surface area contributed by atoms with E-state index in [-0.39, 0.29) is 29.7 Å². The third-order valence-corrected chi connectivity index (χ3v) is 2.70. The molecule has 2 rings (SSSR count). The molecule has 1 fully saturated rings. The number of nitro groups is 1. The lowest BCUT2D eigenvalue weighted by atomic mass is 10.3. The Kier molecular flexibility index (Phi) is 3.26. The van der Waals surface area contributed by atoms with E-state index < -0.39 is 4.92 Å². The fourth-order valence-electron chi connectivity index (χ4n) is 1.76. The van der Waals surface area contributed by atoms with Crippen molar-refractivity contribution >= 4 is 17.6 Å². The van der Waals surface area contributed by atoms with E-state index in [0.717, 1.165) is 0 Å². The van der Waals surface area contributed by atoms with Crippen molar-refractivity contribution in [1.82, 2.24) is 15.2 Å². The molecule has 0 bridgehead atoms. The zero-order valence-corrected chi connectivity index (χ0v) is 9.51. The van der Waals surface area contributed by atoms with Crippen molar-refractivity contribution < 1.29 is 14.5 Å². The van der Waals surface area contributed by atoms with Gasteiger partial charge in [0.15, 0.2) is 5.69 Å². The van der Waals surface area contributed by atoms with Crippen LogP contribution in [-0.2, 0) is 4.79 Å². The Labute approximate surface area is 102 Å². The van der Waals surface area contributed by atoms with Crippen molar-refractivity contribution in [3.05, 3.63) is 27.9 Å². The molecule has 2 N–H and O–H groups in total. The van der Waals surface area contributed by atoms with E-state index in [1.165, 1.54) is 17.0 Å². The Bertz CT molecular complexity index is 496. The molecule has 2 amide bonds. The number of carbonyl (C=O) groups excluding carboxylic acids is 2. The molecule has 0 radical (unpaired) electrons. The predicted molar refractivity (Wildman–Crippen MR) is 61.0 cm³/mol. The van der Waals surface area contributed by atoms with Gasteiger partial charge in [-0.2, -0.15) is 0 Å². The molecule has 0 unspecified atom stereocenters. The van der Waals surface area contributed by atoms with Gasteiger partial charge in [0.05, 0.1) is 0 Å². The number of hydrogen-bond donors (Lipinski definition) is 2. The van der Waals surface area contributed by atoms with Gasteiger partial charge in [0.25, 0.3) is 5.91 Å². The first-order valence-electron chi connectivity index (χ1n) is 5.47. The quantitative estimate of drug-likeness (QED) is 0.565. The lowest BCUT2D eigenvalue weighted by molar-refractivity contribution is -0.389. The first-order chi connectivity index (χ1) is 8.58. The van der Waals surface area contributed by atoms with Crippen LogP contribution in [0.5, 0.6) is 0 Å². The number of hydrogen-bond acceptors (Lipinski definition) is 4. The molecule has 2 heterocycles. The van der Waals surface area contributed by atoms with Crippen LogP contribution in [0.15, 0.2) is 12.1 Å². The van der Waals surface area contributed by atoms with E-state index in [1.807, 2.05) is 0 Å². The van der Waals surface area contributed by atoms with Gasteiger partial charge in [-0.3, -0.25) is 9.59 Å². The summed E-state index contributed by atoms with van der Waals surface area (Å²) in [6.45, 7) is 1.11. The number of H-pyrrole nitrogens is 1. The normalized spacial score (nSPS) is 16.0. The van der Waals surface area contributed by atoms with Crippen LogP contribution in [0, 0.1) is 10.1 Å². The molecule has 0 atom stereocenters. The highest BCUT2D eigenvalue weighted by Gasteiger charge is 2.23. The summed E-state index contributed by atoms with van der Waals surface area (Å²) in [4.78, 5) is 37.0. The monoisotopic (exact) mass is 252 g/mol. The van der Waals surface area contributed by atoms with Gasteiger partial charge < -0.3 is 20.3 Å². The second-order valence-electron chi connectivity index (χ2n) is 3.91. The average molecular weight is 252 g/mol. The van der Waals surface area contributed by atoms with Gasteiger partial charge in [0, 0.05) is 32.1 Å². The van der Waals surface area contributed by atoms with Crippen molar-refractivity contribution in [1.29, 1.82) is 0 Å². The van der Waals surface area contributed by atoms with Crippen LogP contribution in [-0.4, -0.2) is 46.3 Å². The summed E-state index contributed by atoms with van der Waals surface area (Å²) in [5.74, 6) is -0.648. The Hall–Kier alpha value is -2.38. The second kappa shape index (κ2) is 4.86. The summed E-state index contributed by atoms with van der Waals surface area (Å²) in [6, 6.07) is 2.62. The average Bonchev–Trinajstić information content (AvgIpc) is 2.73. The fourth-order valence-corrected chi connectivity index (χ4v) is 1.76. The maximum atomic E-state index is 12.0. The van der Waals surface area contributed by atoms with E-state index in [4.69, 9.17) is 0 Å². The molecule has 1 saturated heterocycles. The molecular formula is C10H12N4O4. The van der Waals surface area contributed by atoms with Gasteiger partial charge in [-0.05, 0) is 11.0 Å². The Morgan fingerprint density at radius 1 is 1.39 bits per heavy atom. The van der Waals surface area contributed by atoms with Crippen molar-refractivity contribution in [3.8, 4) is 0 Å². The van der Waals surface area contributed by atoms with E-state index in [9.17, 15) is 19.7 Å². The van der Waals surface area contributed by atoms with Gasteiger partial charge in [-0.25, -0.2) is 4.98 Å². The summed E-state index contributed by atoms with van der Waals surface area (Å²) in [6.07, 6.45) is 0.245. The summed E-state index contributed by atoms with van der Waals surface area (Å²) < 4.78 is 0. The van der Waals surface area contributed by atoms with E-state index in [1.54, 1.807) is 0 Å². The van der Waals surface area contributed by atoms with Gasteiger partial charge in [0.1, 0.15) is 0 Å². The highest BCUT2D eigenvalue weighted by molar-refractivity contribution is 5.93. The van der Waals surface area contributed by atoms with E-state index >= 15 is 0 Å². The molecule has 8 nitrogen and oxygen atoms in total. The van der Waals surface area contributed by atoms with Gasteiger partial charge in [0.2, 0.25) is 5.91 Å². The molecule has 0 saturated carbocycles. The Balaban J connectivity index is 2.09. The van der Waals surface area contributed by atoms with Crippen molar-refractivity contribution in [2.45, 2.75) is 6.42 Å². The van der Waals surface area contributed by atoms with Crippen LogP contribution in [0.4, 0.5) is 5.82 Å². The molecule has 1 aromatic rings. The summed E-state index contributed by atoms with van der Waals surface area (Å²) in [7, 11) is 0. The van der Waals surface area contributed by atoms with Crippen LogP contribution in [0.1, 0.15) is 16.9 Å². The van der Waals surface area contributed by atoms with Crippen molar-refractivity contribution in [2.24, 2.45) is 0 Å². The first kappa shape index (κ1) is 12.1. The molecule has 1 aliphatic rings. The lowest BCUT2D eigenvalue weighted by Crippen LogP contribution is -2.34. The Morgan fingerprint density at radius 2 is 2.17 bits per heavy atom. The van der Waals surface area contributed by atoms with Crippen LogP contribution in [0.2, 0.25) is 0 Å². The summed E-state index contributed by atoms with van der Waals surface area (Å²) >= 11 is 0. The minimum Gasteiger partial charge on any atom is -0.358 e. The number of amides is 2. The maximum Gasteiger partial charge on any atom is 0.321 e. The van der Waals surface area contributed by atoms with Crippen LogP contribution < -0.4 is 5.32 Å². The number of rotatable bonds is 2. The third-order valence-electron chi connectivity index (χ3n) is 2.70. The molecule has 0 spiro atoms. The maximum absolute atomic E-state index is 12.0. The van der Waals surface area contributed by atoms with Crippen molar-refractivity contribution in [3.63, 3.8) is 0 Å². The fraction of sp³-hybridized carbons (Fsp3) is 0.400. The molecule has 18 heavy (non-hydrogen) atoms. The molecule has 0 aromatic carbocycles. The minimum atomic E-state index is -0.593. The van der Waals surface area contributed by atoms with Crippen LogP contribution >= 0.6 is 0 Å². The Morgan fingerprint density at radius 3 is 2.83 bits per heavy atom. The number of aromatic nitrogens is 1. The highest BCUT2D eigenvalue weighted by Crippen LogP contribution is 2.12. The predicted octanol–water partition coefficient (Wildman–Crippen LogP) is -0.115. The molecular weight excluding hydrogens is 240 g/mol. The third kappa shape index (κ3) is 2.47. The molecule has 96 valence electrons. The topological polar surface area (TPSA) is 108 Å². The summed E-state index contributed by atoms with van der Waals surface area (Å²) in [5.41, 5.74) is 0.163. The van der Waals surface area contributed by atoms with Crippen LogP contribution in [0.3, 0.4) is 0 Å². The summed E-state index contributed by atoms with van der Waals surface area (Å²) in [5, 5.41) is 13.2. The second-order valence-corrected chi connectivity index (χ2v) is 3.91. The molecule has 1 aliphatic heterocycles. The van der Waals surface area contributed by atoms with E-state index in [2.05, 4.69) is 10.3 Å². The number of nitrogens with zero attached hydrogens (tertiary/aromatic N) is 2. The van der Waals surface area contributed by atoms with Crippen LogP contribution in [0.25, 0.3) is 0 Å². The number of aromatic amines is 1.